The number of hydrogen-bond donors (Lipinski definition) is 2. The van der Waals surface area contributed by atoms with Gasteiger partial charge in [0, 0.05) is 24.6 Å². The largest absolute Gasteiger partial charge is 0.461 e. The molecule has 0 aromatic heterocycles. The fourth-order valence-corrected chi connectivity index (χ4v) is 8.30. The van der Waals surface area contributed by atoms with Crippen LogP contribution in [0.3, 0.4) is 0 Å². The zero-order chi connectivity index (χ0) is 54.3. The lowest BCUT2D eigenvalue weighted by Gasteiger charge is -2.23. The van der Waals surface area contributed by atoms with E-state index < -0.39 is 11.9 Å². The summed E-state index contributed by atoms with van der Waals surface area (Å²) in [5, 5.41) is 2.52. The number of thiol groups is 1. The molecule has 0 saturated carbocycles. The van der Waals surface area contributed by atoms with E-state index in [0.29, 0.717) is 5.75 Å². The van der Waals surface area contributed by atoms with Crippen LogP contribution in [0.2, 0.25) is 0 Å². The van der Waals surface area contributed by atoms with Crippen LogP contribution in [0.15, 0.2) is 24.3 Å². The van der Waals surface area contributed by atoms with Crippen molar-refractivity contribution in [2.24, 2.45) is 0 Å². The predicted molar refractivity (Wildman–Crippen MR) is 315 cm³/mol. The van der Waals surface area contributed by atoms with E-state index in [1.165, 1.54) is 62.7 Å². The molecule has 0 aromatic carbocycles. The minimum Gasteiger partial charge on any atom is -0.461 e. The summed E-state index contributed by atoms with van der Waals surface area (Å²) in [6.45, 7) is 14.8. The Morgan fingerprint density at radius 1 is 0.493 bits per heavy atom. The van der Waals surface area contributed by atoms with Gasteiger partial charge >= 0.3 is 23.9 Å². The van der Waals surface area contributed by atoms with Crippen molar-refractivity contribution in [3.8, 4) is 0 Å². The molecule has 0 heterocycles. The molecule has 0 aromatic rings. The number of rotatable bonds is 45. The van der Waals surface area contributed by atoms with Crippen LogP contribution in [0, 0.1) is 0 Å². The molecule has 432 valence electrons. The smallest absolute Gasteiger partial charge is 0.326 e. The number of nitrogens with zero attached hydrogens (tertiary/aromatic N) is 3. The molecule has 0 rings (SSSR count). The Morgan fingerprint density at radius 2 is 0.877 bits per heavy atom. The molecule has 0 aliphatic rings. The number of hydrogen-bond acceptors (Lipinski definition) is 14. The zero-order valence-corrected chi connectivity index (χ0v) is 50.7. The second-order valence-corrected chi connectivity index (χ2v) is 20.6. The van der Waals surface area contributed by atoms with E-state index in [-0.39, 0.29) is 81.2 Å². The van der Waals surface area contributed by atoms with Gasteiger partial charge in [-0.25, -0.2) is 0 Å². The summed E-state index contributed by atoms with van der Waals surface area (Å²) in [7, 11) is 7.95. The number of amides is 1. The number of halogens is 1. The minimum absolute atomic E-state index is 0. The van der Waals surface area contributed by atoms with Crippen LogP contribution in [0.25, 0.3) is 0 Å². The number of ether oxygens (including phenoxy) is 4. The average molecular weight is 1100 g/mol. The highest BCUT2D eigenvalue weighted by Gasteiger charge is 2.24. The first-order valence-electron chi connectivity index (χ1n) is 28.3. The van der Waals surface area contributed by atoms with Gasteiger partial charge in [-0.15, -0.1) is 12.4 Å². The van der Waals surface area contributed by atoms with Gasteiger partial charge in [-0.1, -0.05) is 167 Å². The molecule has 16 heteroatoms. The number of carbonyl (C=O) groups excluding carboxylic acids is 5. The number of allylic oxidation sites excluding steroid dienone is 2. The van der Waals surface area contributed by atoms with Crippen LogP contribution in [-0.2, 0) is 38.1 Å². The van der Waals surface area contributed by atoms with Gasteiger partial charge in [0.25, 0.3) is 5.24 Å². The summed E-state index contributed by atoms with van der Waals surface area (Å²) in [6.07, 6.45) is 36.2. The van der Waals surface area contributed by atoms with E-state index in [2.05, 4.69) is 70.5 Å². The van der Waals surface area contributed by atoms with Crippen LogP contribution in [0.4, 0.5) is 4.79 Å². The van der Waals surface area contributed by atoms with Crippen molar-refractivity contribution in [1.29, 1.82) is 0 Å². The van der Waals surface area contributed by atoms with Crippen LogP contribution >= 0.6 is 36.8 Å². The van der Waals surface area contributed by atoms with Crippen LogP contribution < -0.4 is 5.32 Å². The van der Waals surface area contributed by atoms with Crippen LogP contribution in [0.5, 0.6) is 0 Å². The molecule has 0 radical (unpaired) electrons. The Kier molecular flexibility index (Phi) is 64.1. The topological polar surface area (TPSA) is 144 Å². The van der Waals surface area contributed by atoms with E-state index in [0.717, 1.165) is 140 Å². The summed E-state index contributed by atoms with van der Waals surface area (Å²) >= 11 is 5.12. The van der Waals surface area contributed by atoms with Gasteiger partial charge in [-0.3, -0.25) is 29.3 Å². The molecule has 0 aliphatic carbocycles. The van der Waals surface area contributed by atoms with Crippen molar-refractivity contribution in [3.63, 3.8) is 0 Å². The molecule has 1 N–H and O–H groups in total. The number of nitrogens with one attached hydrogen (secondary N) is 1. The third-order valence-corrected chi connectivity index (χ3v) is 12.4. The average Bonchev–Trinajstić information content (AvgIpc) is 3.33. The van der Waals surface area contributed by atoms with Crippen LogP contribution in [-0.4, -0.2) is 148 Å². The van der Waals surface area contributed by atoms with Gasteiger partial charge < -0.3 is 33.6 Å². The van der Waals surface area contributed by atoms with Crippen molar-refractivity contribution in [1.82, 2.24) is 20.0 Å². The van der Waals surface area contributed by atoms with Crippen molar-refractivity contribution in [3.05, 3.63) is 24.3 Å². The molecule has 0 spiro atoms. The van der Waals surface area contributed by atoms with Gasteiger partial charge in [0.1, 0.15) is 38.5 Å². The van der Waals surface area contributed by atoms with Crippen molar-refractivity contribution in [2.45, 2.75) is 221 Å². The summed E-state index contributed by atoms with van der Waals surface area (Å²) in [5.74, 6) is -0.0953. The first-order chi connectivity index (χ1) is 34.7. The van der Waals surface area contributed by atoms with Gasteiger partial charge in [0.2, 0.25) is 0 Å². The highest BCUT2D eigenvalue weighted by Crippen LogP contribution is 2.17. The normalized spacial score (nSPS) is 11.1. The van der Waals surface area contributed by atoms with Crippen molar-refractivity contribution in [2.75, 3.05) is 92.2 Å². The fourth-order valence-electron chi connectivity index (χ4n) is 6.96. The molecule has 0 unspecified atom stereocenters. The summed E-state index contributed by atoms with van der Waals surface area (Å²) in [6, 6.07) is 0. The van der Waals surface area contributed by atoms with Gasteiger partial charge in [0.05, 0.1) is 13.1 Å². The fraction of sp³-hybridized carbons (Fsp3) is 0.842. The molecule has 1 amide bonds. The Balaban J connectivity index is -0.000000590. The monoisotopic (exact) mass is 1090 g/mol. The summed E-state index contributed by atoms with van der Waals surface area (Å²) < 4.78 is 21.8. The molecule has 0 saturated heterocycles. The third kappa shape index (κ3) is 60.4. The Hall–Kier alpha value is -2.30. The zero-order valence-electron chi connectivity index (χ0n) is 48.2. The minimum atomic E-state index is -0.521. The van der Waals surface area contributed by atoms with E-state index in [1.807, 2.05) is 51.3 Å². The highest BCUT2D eigenvalue weighted by molar-refractivity contribution is 8.13. The van der Waals surface area contributed by atoms with E-state index in [1.54, 1.807) is 0 Å². The quantitative estimate of drug-likeness (QED) is 0.0196. The molecule has 0 fully saturated rings. The lowest BCUT2D eigenvalue weighted by Crippen LogP contribution is -2.39. The number of carbonyl (C=O) groups is 5. The summed E-state index contributed by atoms with van der Waals surface area (Å²) in [4.78, 5) is 67.2. The first-order valence-corrected chi connectivity index (χ1v) is 29.9. The van der Waals surface area contributed by atoms with Gasteiger partial charge in [-0.05, 0) is 105 Å². The standard InChI is InChI=1S/C29H54N2O5S.C24H45NO4.C4H11NS.ClH/c1-6-9-12-13-14-15-18-22-35-27(32)24-31(29(34)37-23-21-30(4)5)25-28(33)36-26(19-16-10-7-2)20-17-11-8-3;1-4-7-10-11-12-13-16-19-28-23(26)20-25-21-24(27)29-22(17-14-8-5-2)18-15-9-6-3;1-5(2)3-4-6;/h15,18,26H,6-14,16-17,19-25H2,1-5H3;13,16,22,25H,4-12,14-15,17-21H2,1-3H3;6H,3-4H2,1-2H3;1H/b18-15-;16-13-;;. The Morgan fingerprint density at radius 3 is 1.27 bits per heavy atom. The molecule has 13 nitrogen and oxygen atoms in total. The maximum absolute atomic E-state index is 12.8. The van der Waals surface area contributed by atoms with Gasteiger partial charge in [0.15, 0.2) is 0 Å². The Bertz CT molecular complexity index is 1310. The SMILES string of the molecule is CCCCCC/C=C\COC(=O)CN(CC(=O)OC(CCCCC)CCCCC)C(=O)SCCN(C)C.CCCCCC/C=C\COC(=O)CNCC(=O)OC(CCCCC)CCCCC.CN(C)CCS.Cl. The van der Waals surface area contributed by atoms with E-state index in [9.17, 15) is 24.0 Å². The number of unbranched alkanes of at least 4 members (excludes halogenated alkanes) is 16. The third-order valence-electron chi connectivity index (χ3n) is 11.3. The molecule has 0 bridgehead atoms. The van der Waals surface area contributed by atoms with Crippen LogP contribution in [0.1, 0.15) is 208 Å². The second-order valence-electron chi connectivity index (χ2n) is 19.1. The predicted octanol–water partition coefficient (Wildman–Crippen LogP) is 13.5. The molecule has 73 heavy (non-hydrogen) atoms. The van der Waals surface area contributed by atoms with Crippen molar-refractivity contribution >= 4 is 65.9 Å². The lowest BCUT2D eigenvalue weighted by molar-refractivity contribution is -0.152. The van der Waals surface area contributed by atoms with Crippen molar-refractivity contribution < 1.29 is 42.9 Å². The lowest BCUT2D eigenvalue weighted by atomic mass is 10.0. The second kappa shape index (κ2) is 60.6. The van der Waals surface area contributed by atoms with E-state index in [4.69, 9.17) is 18.9 Å². The molecule has 0 aliphatic heterocycles. The molecular weight excluding hydrogens is 984 g/mol. The Labute approximate surface area is 463 Å². The highest BCUT2D eigenvalue weighted by atomic mass is 35.5. The number of thioether (sulfide) groups is 1. The van der Waals surface area contributed by atoms with Gasteiger partial charge in [-0.2, -0.15) is 12.6 Å². The molecular formula is C57H111ClN4O9S2. The first kappa shape index (κ1) is 77.2. The van der Waals surface area contributed by atoms with E-state index >= 15 is 0 Å². The molecule has 0 atom stereocenters. The maximum atomic E-state index is 12.8. The summed E-state index contributed by atoms with van der Waals surface area (Å²) in [5.41, 5.74) is 0. The maximum Gasteiger partial charge on any atom is 0.326 e. The number of esters is 4.